The van der Waals surface area contributed by atoms with Crippen LogP contribution in [0.4, 0.5) is 0 Å². The summed E-state index contributed by atoms with van der Waals surface area (Å²) in [5, 5.41) is 13.1. The van der Waals surface area contributed by atoms with Crippen molar-refractivity contribution in [2.75, 3.05) is 7.05 Å². The van der Waals surface area contributed by atoms with Gasteiger partial charge in [-0.05, 0) is 18.2 Å². The van der Waals surface area contributed by atoms with Gasteiger partial charge in [-0.2, -0.15) is 0 Å². The second-order valence-electron chi connectivity index (χ2n) is 6.03. The summed E-state index contributed by atoms with van der Waals surface area (Å²) >= 11 is 0. The van der Waals surface area contributed by atoms with E-state index in [-0.39, 0.29) is 18.0 Å². The summed E-state index contributed by atoms with van der Waals surface area (Å²) in [5.41, 5.74) is 3.40. The largest absolute Gasteiger partial charge is 0.411 e. The molecular formula is C19H22N2O. The van der Waals surface area contributed by atoms with Crippen molar-refractivity contribution in [2.45, 2.75) is 25.4 Å². The van der Waals surface area contributed by atoms with Crippen LogP contribution in [-0.4, -0.2) is 22.9 Å². The molecule has 0 unspecified atom stereocenters. The summed E-state index contributed by atoms with van der Waals surface area (Å²) in [7, 11) is 2.17. The van der Waals surface area contributed by atoms with Crippen LogP contribution in [-0.2, 0) is 0 Å². The Kier molecular flexibility index (Phi) is 4.25. The van der Waals surface area contributed by atoms with Gasteiger partial charge in [-0.25, -0.2) is 0 Å². The first-order valence-corrected chi connectivity index (χ1v) is 7.75. The van der Waals surface area contributed by atoms with Gasteiger partial charge in [0.1, 0.15) is 0 Å². The highest BCUT2D eigenvalue weighted by molar-refractivity contribution is 5.88. The van der Waals surface area contributed by atoms with Crippen molar-refractivity contribution in [1.82, 2.24) is 4.90 Å². The Labute approximate surface area is 131 Å². The first-order valence-electron chi connectivity index (χ1n) is 7.75. The molecule has 1 heterocycles. The average Bonchev–Trinajstić information content (AvgIpc) is 2.57. The van der Waals surface area contributed by atoms with Gasteiger partial charge in [0, 0.05) is 24.4 Å². The van der Waals surface area contributed by atoms with Gasteiger partial charge >= 0.3 is 0 Å². The molecule has 3 heteroatoms. The molecule has 114 valence electrons. The Morgan fingerprint density at radius 3 is 2.05 bits per heavy atom. The number of rotatable bonds is 2. The van der Waals surface area contributed by atoms with Gasteiger partial charge in [0.25, 0.3) is 0 Å². The zero-order chi connectivity index (χ0) is 15.5. The molecule has 0 saturated carbocycles. The molecule has 0 aromatic heterocycles. The van der Waals surface area contributed by atoms with Gasteiger partial charge in [-0.3, -0.25) is 4.90 Å². The van der Waals surface area contributed by atoms with Crippen molar-refractivity contribution in [3.63, 3.8) is 0 Å². The third-order valence-corrected chi connectivity index (χ3v) is 4.79. The zero-order valence-corrected chi connectivity index (χ0v) is 13.1. The maximum Gasteiger partial charge on any atom is 0.0636 e. The van der Waals surface area contributed by atoms with Crippen LogP contribution in [0.5, 0.6) is 0 Å². The normalized spacial score (nSPS) is 27.9. The summed E-state index contributed by atoms with van der Waals surface area (Å²) in [4.78, 5) is 2.41. The van der Waals surface area contributed by atoms with E-state index in [1.807, 2.05) is 12.1 Å². The molecule has 0 aliphatic carbocycles. The highest BCUT2D eigenvalue weighted by Crippen LogP contribution is 2.42. The fourth-order valence-electron chi connectivity index (χ4n) is 3.59. The van der Waals surface area contributed by atoms with E-state index < -0.39 is 0 Å². The van der Waals surface area contributed by atoms with E-state index in [1.165, 1.54) is 11.1 Å². The lowest BCUT2D eigenvalue weighted by molar-refractivity contribution is 0.128. The molecule has 22 heavy (non-hydrogen) atoms. The smallest absolute Gasteiger partial charge is 0.0636 e. The second-order valence-corrected chi connectivity index (χ2v) is 6.03. The number of piperidine rings is 1. The van der Waals surface area contributed by atoms with Crippen molar-refractivity contribution < 1.29 is 5.21 Å². The van der Waals surface area contributed by atoms with Crippen molar-refractivity contribution >= 4 is 5.71 Å². The molecule has 1 aliphatic heterocycles. The maximum atomic E-state index is 9.45. The van der Waals surface area contributed by atoms with E-state index in [0.29, 0.717) is 0 Å². The van der Waals surface area contributed by atoms with Gasteiger partial charge in [-0.15, -0.1) is 0 Å². The van der Waals surface area contributed by atoms with Crippen LogP contribution in [0.25, 0.3) is 0 Å². The molecule has 1 aliphatic rings. The fourth-order valence-corrected chi connectivity index (χ4v) is 3.59. The molecule has 0 radical (unpaired) electrons. The van der Waals surface area contributed by atoms with Gasteiger partial charge in [0.05, 0.1) is 5.71 Å². The summed E-state index contributed by atoms with van der Waals surface area (Å²) in [6.45, 7) is 2.14. The Bertz CT molecular complexity index is 639. The molecule has 2 aromatic carbocycles. The van der Waals surface area contributed by atoms with Gasteiger partial charge in [0.2, 0.25) is 0 Å². The third-order valence-electron chi connectivity index (χ3n) is 4.79. The molecule has 1 N–H and O–H groups in total. The van der Waals surface area contributed by atoms with Crippen molar-refractivity contribution in [3.8, 4) is 0 Å². The minimum absolute atomic E-state index is 0.192. The first-order chi connectivity index (χ1) is 10.7. The highest BCUT2D eigenvalue weighted by Gasteiger charge is 2.38. The number of nitrogens with zero attached hydrogens (tertiary/aromatic N) is 2. The Hall–Kier alpha value is -2.13. The van der Waals surface area contributed by atoms with Crippen LogP contribution in [0.3, 0.4) is 0 Å². The molecule has 0 bridgehead atoms. The number of hydrogen-bond acceptors (Lipinski definition) is 3. The van der Waals surface area contributed by atoms with Crippen LogP contribution in [0.15, 0.2) is 65.8 Å². The SMILES string of the molecule is C[C@H]1/C(=N/O)C[C@H](c2ccccc2)N(C)[C@@H]1c1ccccc1. The fraction of sp³-hybridized carbons (Fsp3) is 0.316. The number of likely N-dealkylation sites (tertiary alicyclic amines) is 1. The number of hydrogen-bond donors (Lipinski definition) is 1. The summed E-state index contributed by atoms with van der Waals surface area (Å²) in [5.74, 6) is 0.192. The topological polar surface area (TPSA) is 35.8 Å². The standard InChI is InChI=1S/C19H22N2O/c1-14-17(20-22)13-18(15-9-5-3-6-10-15)21(2)19(14)16-11-7-4-8-12-16/h3-12,14,18-19,22H,13H2,1-2H3/b20-17+/t14-,18+,19-/m0/s1. The van der Waals surface area contributed by atoms with Crippen LogP contribution in [0.1, 0.15) is 36.6 Å². The molecule has 2 aromatic rings. The van der Waals surface area contributed by atoms with E-state index in [9.17, 15) is 5.21 Å². The highest BCUT2D eigenvalue weighted by atomic mass is 16.4. The summed E-state index contributed by atoms with van der Waals surface area (Å²) in [6, 6.07) is 21.4. The Morgan fingerprint density at radius 1 is 0.955 bits per heavy atom. The van der Waals surface area contributed by atoms with E-state index in [0.717, 1.165) is 12.1 Å². The number of benzene rings is 2. The Morgan fingerprint density at radius 2 is 1.50 bits per heavy atom. The molecule has 1 fully saturated rings. The average molecular weight is 294 g/mol. The molecule has 0 spiro atoms. The predicted octanol–water partition coefficient (Wildman–Crippen LogP) is 4.27. The third kappa shape index (κ3) is 2.64. The zero-order valence-electron chi connectivity index (χ0n) is 13.1. The minimum atomic E-state index is 0.192. The van der Waals surface area contributed by atoms with E-state index >= 15 is 0 Å². The maximum absolute atomic E-state index is 9.45. The van der Waals surface area contributed by atoms with Gasteiger partial charge < -0.3 is 5.21 Å². The Balaban J connectivity index is 2.01. The van der Waals surface area contributed by atoms with Crippen LogP contribution >= 0.6 is 0 Å². The first kappa shape index (κ1) is 14.8. The van der Waals surface area contributed by atoms with Crippen LogP contribution in [0, 0.1) is 5.92 Å². The van der Waals surface area contributed by atoms with Crippen LogP contribution < -0.4 is 0 Å². The molecule has 1 saturated heterocycles. The van der Waals surface area contributed by atoms with Gasteiger partial charge in [0.15, 0.2) is 0 Å². The lowest BCUT2D eigenvalue weighted by atomic mass is 9.80. The molecule has 3 rings (SSSR count). The lowest BCUT2D eigenvalue weighted by Gasteiger charge is -2.44. The van der Waals surface area contributed by atoms with Gasteiger partial charge in [-0.1, -0.05) is 72.7 Å². The number of oxime groups is 1. The summed E-state index contributed by atoms with van der Waals surface area (Å²) < 4.78 is 0. The molecular weight excluding hydrogens is 272 g/mol. The molecule has 3 atom stereocenters. The second kappa shape index (κ2) is 6.32. The van der Waals surface area contributed by atoms with E-state index in [2.05, 4.69) is 72.6 Å². The minimum Gasteiger partial charge on any atom is -0.411 e. The van der Waals surface area contributed by atoms with E-state index in [4.69, 9.17) is 0 Å². The summed E-state index contributed by atoms with van der Waals surface area (Å²) in [6.07, 6.45) is 0.765. The quantitative estimate of drug-likeness (QED) is 0.663. The lowest BCUT2D eigenvalue weighted by Crippen LogP contribution is -2.42. The van der Waals surface area contributed by atoms with Crippen molar-refractivity contribution in [2.24, 2.45) is 11.1 Å². The van der Waals surface area contributed by atoms with E-state index in [1.54, 1.807) is 0 Å². The molecule has 0 amide bonds. The monoisotopic (exact) mass is 294 g/mol. The van der Waals surface area contributed by atoms with Crippen molar-refractivity contribution in [3.05, 3.63) is 71.8 Å². The molecule has 3 nitrogen and oxygen atoms in total. The van der Waals surface area contributed by atoms with Crippen molar-refractivity contribution in [1.29, 1.82) is 0 Å². The van der Waals surface area contributed by atoms with Crippen LogP contribution in [0.2, 0.25) is 0 Å². The predicted molar refractivity (Wildman–Crippen MR) is 89.1 cm³/mol.